The first kappa shape index (κ1) is 25.8. The summed E-state index contributed by atoms with van der Waals surface area (Å²) in [5.74, 6) is 2.30. The lowest BCUT2D eigenvalue weighted by Gasteiger charge is -2.33. The number of benzene rings is 2. The van der Waals surface area contributed by atoms with E-state index >= 15 is 0 Å². The average molecular weight is 492 g/mol. The Kier molecular flexibility index (Phi) is 7.41. The maximum Gasteiger partial charge on any atom is 0.343 e. The molecule has 192 valence electrons. The van der Waals surface area contributed by atoms with E-state index in [1.165, 1.54) is 5.56 Å². The Morgan fingerprint density at radius 2 is 1.64 bits per heavy atom. The van der Waals surface area contributed by atoms with Crippen LogP contribution in [0.15, 0.2) is 52.9 Å². The second-order valence-electron chi connectivity index (χ2n) is 10.8. The fourth-order valence-electron chi connectivity index (χ4n) is 4.46. The molecule has 1 fully saturated rings. The molecule has 7 heteroatoms. The number of ether oxygens (including phenoxy) is 1. The number of likely N-dealkylation sites (tertiary alicyclic amines) is 1. The Morgan fingerprint density at radius 1 is 1.06 bits per heavy atom. The second-order valence-corrected chi connectivity index (χ2v) is 10.8. The lowest BCUT2D eigenvalue weighted by Crippen LogP contribution is -2.47. The van der Waals surface area contributed by atoms with Gasteiger partial charge in [-0.2, -0.15) is 0 Å². The van der Waals surface area contributed by atoms with Crippen LogP contribution in [0.1, 0.15) is 64.8 Å². The number of hydroxylamine groups is 2. The van der Waals surface area contributed by atoms with Crippen LogP contribution in [0, 0.1) is 0 Å². The molecule has 1 saturated heterocycles. The summed E-state index contributed by atoms with van der Waals surface area (Å²) >= 11 is 0. The predicted molar refractivity (Wildman–Crippen MR) is 140 cm³/mol. The molecule has 0 saturated carbocycles. The van der Waals surface area contributed by atoms with Crippen molar-refractivity contribution in [3.63, 3.8) is 0 Å². The van der Waals surface area contributed by atoms with E-state index in [0.717, 1.165) is 46.2 Å². The number of nitrogens with zero attached hydrogens (tertiary/aromatic N) is 3. The van der Waals surface area contributed by atoms with Crippen molar-refractivity contribution in [2.75, 3.05) is 20.2 Å². The molecule has 1 aliphatic rings. The number of aromatic nitrogens is 1. The highest BCUT2D eigenvalue weighted by molar-refractivity contribution is 5.77. The van der Waals surface area contributed by atoms with Gasteiger partial charge in [-0.25, -0.2) is 14.8 Å². The van der Waals surface area contributed by atoms with Crippen LogP contribution in [0.4, 0.5) is 4.79 Å². The number of carbonyl (C=O) groups is 1. The molecule has 7 nitrogen and oxygen atoms in total. The first-order valence-electron chi connectivity index (χ1n) is 12.6. The Labute approximate surface area is 213 Å². The summed E-state index contributed by atoms with van der Waals surface area (Å²) in [6, 6.07) is 15.7. The summed E-state index contributed by atoms with van der Waals surface area (Å²) in [7, 11) is 1.65. The molecule has 3 aromatic rings. The van der Waals surface area contributed by atoms with Gasteiger partial charge in [0.05, 0.1) is 13.2 Å². The predicted octanol–water partition coefficient (Wildman–Crippen LogP) is 6.71. The summed E-state index contributed by atoms with van der Waals surface area (Å²) in [5, 5.41) is 10.8. The number of piperidine rings is 1. The van der Waals surface area contributed by atoms with E-state index in [2.05, 4.69) is 45.0 Å². The van der Waals surface area contributed by atoms with Gasteiger partial charge >= 0.3 is 6.03 Å². The third kappa shape index (κ3) is 5.41. The Hall–Kier alpha value is -3.32. The van der Waals surface area contributed by atoms with E-state index in [-0.39, 0.29) is 23.4 Å². The molecule has 0 radical (unpaired) electrons. The zero-order chi connectivity index (χ0) is 26.0. The third-order valence-electron chi connectivity index (χ3n) is 6.82. The van der Waals surface area contributed by atoms with Crippen LogP contribution in [0.2, 0.25) is 0 Å². The molecule has 4 rings (SSSR count). The first-order valence-corrected chi connectivity index (χ1v) is 12.6. The standard InChI is InChI=1S/C29H37N3O4/c1-19(2)32(34)28(33)31-17-15-22(16-18-31)27-30-25(20-7-11-23(12-8-20)29(3,4)5)26(36-27)21-9-13-24(35-6)14-10-21/h7-14,19,22,34H,15-18H2,1-6H3. The van der Waals surface area contributed by atoms with E-state index in [1.54, 1.807) is 25.9 Å². The average Bonchev–Trinajstić information content (AvgIpc) is 3.33. The number of rotatable bonds is 5. The molecular formula is C29H37N3O4. The number of hydrogen-bond donors (Lipinski definition) is 1. The molecular weight excluding hydrogens is 454 g/mol. The first-order chi connectivity index (χ1) is 17.1. The van der Waals surface area contributed by atoms with E-state index in [4.69, 9.17) is 14.1 Å². The molecule has 0 spiro atoms. The largest absolute Gasteiger partial charge is 0.497 e. The van der Waals surface area contributed by atoms with Crippen LogP contribution >= 0.6 is 0 Å². The fraction of sp³-hybridized carbons (Fsp3) is 0.448. The van der Waals surface area contributed by atoms with Crippen molar-refractivity contribution in [3.05, 3.63) is 60.0 Å². The van der Waals surface area contributed by atoms with Gasteiger partial charge in [0.25, 0.3) is 0 Å². The Bertz CT molecular complexity index is 1170. The van der Waals surface area contributed by atoms with E-state index in [0.29, 0.717) is 19.0 Å². The molecule has 36 heavy (non-hydrogen) atoms. The monoisotopic (exact) mass is 491 g/mol. The maximum absolute atomic E-state index is 12.5. The summed E-state index contributed by atoms with van der Waals surface area (Å²) in [5.41, 5.74) is 4.08. The van der Waals surface area contributed by atoms with Crippen LogP contribution in [0.3, 0.4) is 0 Å². The van der Waals surface area contributed by atoms with Gasteiger partial charge in [-0.05, 0) is 61.9 Å². The SMILES string of the molecule is COc1ccc(-c2oc(C3CCN(C(=O)N(O)C(C)C)CC3)nc2-c2ccc(C(C)(C)C)cc2)cc1. The second kappa shape index (κ2) is 10.3. The van der Waals surface area contributed by atoms with Crippen molar-refractivity contribution >= 4 is 6.03 Å². The lowest BCUT2D eigenvalue weighted by atomic mass is 9.86. The van der Waals surface area contributed by atoms with Crippen LogP contribution in [-0.4, -0.2) is 52.4 Å². The minimum Gasteiger partial charge on any atom is -0.497 e. The number of hydrogen-bond acceptors (Lipinski definition) is 5. The van der Waals surface area contributed by atoms with Gasteiger partial charge in [0.1, 0.15) is 11.4 Å². The van der Waals surface area contributed by atoms with E-state index in [9.17, 15) is 10.0 Å². The van der Waals surface area contributed by atoms with Crippen LogP contribution < -0.4 is 4.74 Å². The smallest absolute Gasteiger partial charge is 0.343 e. The minimum atomic E-state index is -0.352. The molecule has 2 heterocycles. The third-order valence-corrected chi connectivity index (χ3v) is 6.82. The molecule has 1 N–H and O–H groups in total. The summed E-state index contributed by atoms with van der Waals surface area (Å²) in [4.78, 5) is 19.2. The van der Waals surface area contributed by atoms with Crippen LogP contribution in [0.25, 0.3) is 22.6 Å². The summed E-state index contributed by atoms with van der Waals surface area (Å²) < 4.78 is 11.8. The van der Waals surface area contributed by atoms with Gasteiger partial charge in [-0.15, -0.1) is 0 Å². The van der Waals surface area contributed by atoms with Gasteiger partial charge in [-0.1, -0.05) is 45.0 Å². The van der Waals surface area contributed by atoms with Crippen molar-refractivity contribution in [2.45, 2.75) is 64.8 Å². The van der Waals surface area contributed by atoms with Crippen molar-refractivity contribution in [1.82, 2.24) is 14.9 Å². The van der Waals surface area contributed by atoms with Crippen molar-refractivity contribution in [1.29, 1.82) is 0 Å². The van der Waals surface area contributed by atoms with Crippen LogP contribution in [-0.2, 0) is 5.41 Å². The van der Waals surface area contributed by atoms with Crippen molar-refractivity contribution in [2.24, 2.45) is 0 Å². The Balaban J connectivity index is 1.63. The van der Waals surface area contributed by atoms with E-state index in [1.807, 2.05) is 24.3 Å². The zero-order valence-electron chi connectivity index (χ0n) is 22.1. The van der Waals surface area contributed by atoms with Crippen molar-refractivity contribution in [3.8, 4) is 28.3 Å². The number of methoxy groups -OCH3 is 1. The van der Waals surface area contributed by atoms with Gasteiger partial charge in [0, 0.05) is 30.1 Å². The molecule has 2 amide bonds. The zero-order valence-corrected chi connectivity index (χ0v) is 22.1. The molecule has 1 aliphatic heterocycles. The van der Waals surface area contributed by atoms with Gasteiger partial charge in [0.2, 0.25) is 0 Å². The number of carbonyl (C=O) groups excluding carboxylic acids is 1. The lowest BCUT2D eigenvalue weighted by molar-refractivity contribution is -0.0815. The van der Waals surface area contributed by atoms with Gasteiger partial charge in [-0.3, -0.25) is 5.21 Å². The minimum absolute atomic E-state index is 0.0669. The highest BCUT2D eigenvalue weighted by Gasteiger charge is 2.31. The number of oxazole rings is 1. The maximum atomic E-state index is 12.5. The highest BCUT2D eigenvalue weighted by Crippen LogP contribution is 2.38. The quantitative estimate of drug-likeness (QED) is 0.317. The highest BCUT2D eigenvalue weighted by atomic mass is 16.5. The normalized spacial score (nSPS) is 14.8. The molecule has 1 aromatic heterocycles. The topological polar surface area (TPSA) is 79.0 Å². The van der Waals surface area contributed by atoms with Gasteiger partial charge in [0.15, 0.2) is 11.7 Å². The Morgan fingerprint density at radius 3 is 2.17 bits per heavy atom. The molecule has 2 aromatic carbocycles. The summed E-state index contributed by atoms with van der Waals surface area (Å²) in [6.07, 6.45) is 1.45. The molecule has 0 atom stereocenters. The molecule has 0 bridgehead atoms. The van der Waals surface area contributed by atoms with Crippen molar-refractivity contribution < 1.29 is 19.2 Å². The van der Waals surface area contributed by atoms with E-state index < -0.39 is 0 Å². The molecule has 0 aliphatic carbocycles. The fourth-order valence-corrected chi connectivity index (χ4v) is 4.46. The van der Waals surface area contributed by atoms with Crippen LogP contribution in [0.5, 0.6) is 5.75 Å². The number of amides is 2. The molecule has 0 unspecified atom stereocenters. The summed E-state index contributed by atoms with van der Waals surface area (Å²) in [6.45, 7) is 11.3. The number of urea groups is 1. The van der Waals surface area contributed by atoms with Gasteiger partial charge < -0.3 is 14.1 Å².